The summed E-state index contributed by atoms with van der Waals surface area (Å²) in [4.78, 5) is 28.5. The number of hydrogen-bond donors (Lipinski definition) is 0. The molecule has 0 radical (unpaired) electrons. The lowest BCUT2D eigenvalue weighted by molar-refractivity contribution is -0.146. The van der Waals surface area contributed by atoms with E-state index in [1.807, 2.05) is 9.80 Å². The number of nitrogens with zero attached hydrogens (tertiary/aromatic N) is 2. The fourth-order valence-corrected chi connectivity index (χ4v) is 4.11. The molecule has 2 aliphatic heterocycles. The van der Waals surface area contributed by atoms with Crippen LogP contribution in [0.1, 0.15) is 57.8 Å². The molecule has 3 fully saturated rings. The highest BCUT2D eigenvalue weighted by molar-refractivity contribution is 5.82. The van der Waals surface area contributed by atoms with Gasteiger partial charge in [-0.15, -0.1) is 0 Å². The van der Waals surface area contributed by atoms with Crippen molar-refractivity contribution in [3.05, 3.63) is 0 Å². The number of piperazine rings is 1. The summed E-state index contributed by atoms with van der Waals surface area (Å²) < 4.78 is 5.48. The second-order valence-corrected chi connectivity index (χ2v) is 7.25. The summed E-state index contributed by atoms with van der Waals surface area (Å²) in [7, 11) is 0. The molecule has 2 saturated heterocycles. The summed E-state index contributed by atoms with van der Waals surface area (Å²) in [6.07, 6.45) is 9.97. The lowest BCUT2D eigenvalue weighted by Gasteiger charge is -2.36. The SMILES string of the molecule is O=C(CCC1CCCCC1)N1CCN(C(=O)[C@@H]2CCCO2)CC1. The van der Waals surface area contributed by atoms with Gasteiger partial charge in [-0.2, -0.15) is 0 Å². The minimum atomic E-state index is -0.233. The highest BCUT2D eigenvalue weighted by atomic mass is 16.5. The van der Waals surface area contributed by atoms with E-state index >= 15 is 0 Å². The molecule has 130 valence electrons. The van der Waals surface area contributed by atoms with Crippen molar-refractivity contribution in [1.82, 2.24) is 9.80 Å². The van der Waals surface area contributed by atoms with E-state index in [1.165, 1.54) is 32.1 Å². The fraction of sp³-hybridized carbons (Fsp3) is 0.889. The average molecular weight is 322 g/mol. The first-order valence-corrected chi connectivity index (χ1v) is 9.42. The Morgan fingerprint density at radius 2 is 1.57 bits per heavy atom. The summed E-state index contributed by atoms with van der Waals surface area (Å²) in [5.41, 5.74) is 0. The van der Waals surface area contributed by atoms with E-state index in [9.17, 15) is 9.59 Å². The van der Waals surface area contributed by atoms with Crippen LogP contribution < -0.4 is 0 Å². The highest BCUT2D eigenvalue weighted by Crippen LogP contribution is 2.27. The standard InChI is InChI=1S/C18H30N2O3/c21-17(9-8-15-5-2-1-3-6-15)19-10-12-20(13-11-19)18(22)16-7-4-14-23-16/h15-16H,1-14H2/t16-/m0/s1. The van der Waals surface area contributed by atoms with Crippen LogP contribution >= 0.6 is 0 Å². The van der Waals surface area contributed by atoms with Gasteiger partial charge >= 0.3 is 0 Å². The number of hydrogen-bond acceptors (Lipinski definition) is 3. The highest BCUT2D eigenvalue weighted by Gasteiger charge is 2.31. The molecule has 1 aliphatic carbocycles. The van der Waals surface area contributed by atoms with Gasteiger partial charge in [0.15, 0.2) is 0 Å². The molecule has 0 N–H and O–H groups in total. The third kappa shape index (κ3) is 4.46. The summed E-state index contributed by atoms with van der Waals surface area (Å²) in [5, 5.41) is 0. The molecule has 2 heterocycles. The quantitative estimate of drug-likeness (QED) is 0.797. The Kier molecular flexibility index (Phi) is 5.92. The predicted octanol–water partition coefficient (Wildman–Crippen LogP) is 2.20. The monoisotopic (exact) mass is 322 g/mol. The second kappa shape index (κ2) is 8.13. The zero-order valence-electron chi connectivity index (χ0n) is 14.2. The Hall–Kier alpha value is -1.10. The molecule has 3 rings (SSSR count). The molecule has 0 bridgehead atoms. The Labute approximate surface area is 139 Å². The molecular weight excluding hydrogens is 292 g/mol. The lowest BCUT2D eigenvalue weighted by Crippen LogP contribution is -2.52. The number of ether oxygens (including phenoxy) is 1. The van der Waals surface area contributed by atoms with Gasteiger partial charge in [0, 0.05) is 39.2 Å². The Morgan fingerprint density at radius 1 is 0.870 bits per heavy atom. The van der Waals surface area contributed by atoms with E-state index in [0.717, 1.165) is 25.2 Å². The van der Waals surface area contributed by atoms with Gasteiger partial charge in [0.2, 0.25) is 5.91 Å². The number of carbonyl (C=O) groups excluding carboxylic acids is 2. The topological polar surface area (TPSA) is 49.9 Å². The van der Waals surface area contributed by atoms with Gasteiger partial charge < -0.3 is 14.5 Å². The maximum Gasteiger partial charge on any atom is 0.251 e. The van der Waals surface area contributed by atoms with Gasteiger partial charge in [-0.25, -0.2) is 0 Å². The van der Waals surface area contributed by atoms with Crippen LogP contribution in [0.2, 0.25) is 0 Å². The van der Waals surface area contributed by atoms with Gasteiger partial charge in [0.25, 0.3) is 5.91 Å². The van der Waals surface area contributed by atoms with Crippen molar-refractivity contribution < 1.29 is 14.3 Å². The first-order chi connectivity index (χ1) is 11.2. The molecule has 5 nitrogen and oxygen atoms in total. The van der Waals surface area contributed by atoms with E-state index in [-0.39, 0.29) is 17.9 Å². The molecule has 2 amide bonds. The molecule has 0 spiro atoms. The molecule has 1 saturated carbocycles. The van der Waals surface area contributed by atoms with Crippen molar-refractivity contribution in [3.8, 4) is 0 Å². The maximum absolute atomic E-state index is 12.4. The molecule has 0 aromatic heterocycles. The molecule has 0 unspecified atom stereocenters. The normalized spacial score (nSPS) is 26.5. The van der Waals surface area contributed by atoms with Crippen LogP contribution in [0, 0.1) is 5.92 Å². The molecule has 3 aliphatic rings. The van der Waals surface area contributed by atoms with Crippen LogP contribution in [-0.2, 0) is 14.3 Å². The summed E-state index contributed by atoms with van der Waals surface area (Å²) in [5.74, 6) is 1.16. The minimum Gasteiger partial charge on any atom is -0.368 e. The number of rotatable bonds is 4. The van der Waals surface area contributed by atoms with Crippen LogP contribution in [-0.4, -0.2) is 60.5 Å². The second-order valence-electron chi connectivity index (χ2n) is 7.25. The Bertz CT molecular complexity index is 406. The molecule has 1 atom stereocenters. The van der Waals surface area contributed by atoms with Gasteiger partial charge in [-0.3, -0.25) is 9.59 Å². The van der Waals surface area contributed by atoms with Gasteiger partial charge in [0.1, 0.15) is 6.10 Å². The van der Waals surface area contributed by atoms with E-state index in [4.69, 9.17) is 4.74 Å². The summed E-state index contributed by atoms with van der Waals surface area (Å²) in [6.45, 7) is 3.39. The molecule has 0 aromatic rings. The van der Waals surface area contributed by atoms with Crippen molar-refractivity contribution in [3.63, 3.8) is 0 Å². The zero-order chi connectivity index (χ0) is 16.1. The molecule has 5 heteroatoms. The summed E-state index contributed by atoms with van der Waals surface area (Å²) in [6, 6.07) is 0. The maximum atomic E-state index is 12.4. The van der Waals surface area contributed by atoms with E-state index < -0.39 is 0 Å². The van der Waals surface area contributed by atoms with Crippen molar-refractivity contribution in [2.24, 2.45) is 5.92 Å². The zero-order valence-corrected chi connectivity index (χ0v) is 14.2. The van der Waals surface area contributed by atoms with Gasteiger partial charge in [-0.1, -0.05) is 32.1 Å². The summed E-state index contributed by atoms with van der Waals surface area (Å²) >= 11 is 0. The van der Waals surface area contributed by atoms with Crippen molar-refractivity contribution in [2.45, 2.75) is 63.9 Å². The Balaban J connectivity index is 1.37. The fourth-order valence-electron chi connectivity index (χ4n) is 4.11. The molecular formula is C18H30N2O3. The predicted molar refractivity (Wildman–Crippen MR) is 87.9 cm³/mol. The first-order valence-electron chi connectivity index (χ1n) is 9.42. The first kappa shape index (κ1) is 16.7. The molecule has 23 heavy (non-hydrogen) atoms. The van der Waals surface area contributed by atoms with Gasteiger partial charge in [0.05, 0.1) is 0 Å². The van der Waals surface area contributed by atoms with Crippen LogP contribution in [0.5, 0.6) is 0 Å². The van der Waals surface area contributed by atoms with E-state index in [1.54, 1.807) is 0 Å². The van der Waals surface area contributed by atoms with Crippen LogP contribution in [0.15, 0.2) is 0 Å². The van der Waals surface area contributed by atoms with Crippen LogP contribution in [0.3, 0.4) is 0 Å². The van der Waals surface area contributed by atoms with Gasteiger partial charge in [-0.05, 0) is 25.2 Å². The van der Waals surface area contributed by atoms with Crippen molar-refractivity contribution in [2.75, 3.05) is 32.8 Å². The third-order valence-electron chi connectivity index (χ3n) is 5.64. The smallest absolute Gasteiger partial charge is 0.251 e. The lowest BCUT2D eigenvalue weighted by atomic mass is 9.86. The minimum absolute atomic E-state index is 0.122. The van der Waals surface area contributed by atoms with E-state index in [0.29, 0.717) is 39.2 Å². The largest absolute Gasteiger partial charge is 0.368 e. The number of amides is 2. The van der Waals surface area contributed by atoms with Crippen LogP contribution in [0.25, 0.3) is 0 Å². The van der Waals surface area contributed by atoms with E-state index in [2.05, 4.69) is 0 Å². The molecule has 0 aromatic carbocycles. The Morgan fingerprint density at radius 3 is 2.22 bits per heavy atom. The van der Waals surface area contributed by atoms with Crippen LogP contribution in [0.4, 0.5) is 0 Å². The third-order valence-corrected chi connectivity index (χ3v) is 5.64. The average Bonchev–Trinajstić information content (AvgIpc) is 3.15. The number of carbonyl (C=O) groups is 2. The van der Waals surface area contributed by atoms with Crippen molar-refractivity contribution >= 4 is 11.8 Å². The van der Waals surface area contributed by atoms with Crippen molar-refractivity contribution in [1.29, 1.82) is 0 Å².